The maximum absolute atomic E-state index is 12.1. The van der Waals surface area contributed by atoms with Gasteiger partial charge in [0, 0.05) is 25.1 Å². The van der Waals surface area contributed by atoms with Gasteiger partial charge < -0.3 is 20.6 Å². The van der Waals surface area contributed by atoms with E-state index in [1.54, 1.807) is 0 Å². The number of rotatable bonds is 7. The number of aliphatic hydroxyl groups is 1. The highest BCUT2D eigenvalue weighted by Crippen LogP contribution is 2.19. The van der Waals surface area contributed by atoms with Crippen LogP contribution < -0.4 is 10.6 Å². The van der Waals surface area contributed by atoms with Crippen LogP contribution in [0.15, 0.2) is 36.4 Å². The summed E-state index contributed by atoms with van der Waals surface area (Å²) in [6.45, 7) is 2.82. The van der Waals surface area contributed by atoms with E-state index < -0.39 is 0 Å². The second-order valence-electron chi connectivity index (χ2n) is 6.60. The average Bonchev–Trinajstić information content (AvgIpc) is 3.02. The van der Waals surface area contributed by atoms with Gasteiger partial charge in [0.25, 0.3) is 0 Å². The van der Waals surface area contributed by atoms with Crippen LogP contribution in [-0.2, 0) is 6.42 Å². The molecule has 0 radical (unpaired) electrons. The molecule has 3 N–H and O–H groups in total. The number of carbonyl (C=O) groups excluding carboxylic acids is 1. The van der Waals surface area contributed by atoms with E-state index in [9.17, 15) is 4.79 Å². The highest BCUT2D eigenvalue weighted by atomic mass is 16.3. The Bertz CT molecular complexity index is 554. The monoisotopic (exact) mass is 331 g/mol. The summed E-state index contributed by atoms with van der Waals surface area (Å²) in [6, 6.07) is 8.52. The van der Waals surface area contributed by atoms with Crippen molar-refractivity contribution in [3.63, 3.8) is 0 Å². The molecule has 1 aliphatic rings. The van der Waals surface area contributed by atoms with Crippen LogP contribution >= 0.6 is 0 Å². The number of nitrogens with zero attached hydrogens (tertiary/aromatic N) is 1. The molecule has 1 aliphatic carbocycles. The van der Waals surface area contributed by atoms with Gasteiger partial charge in [-0.3, -0.25) is 0 Å². The minimum absolute atomic E-state index is 0.00351. The van der Waals surface area contributed by atoms with E-state index in [4.69, 9.17) is 5.11 Å². The van der Waals surface area contributed by atoms with Crippen molar-refractivity contribution in [1.82, 2.24) is 15.5 Å². The van der Waals surface area contributed by atoms with E-state index in [0.717, 1.165) is 12.8 Å². The van der Waals surface area contributed by atoms with Crippen LogP contribution in [0.2, 0.25) is 0 Å². The largest absolute Gasteiger partial charge is 0.396 e. The van der Waals surface area contributed by atoms with E-state index >= 15 is 0 Å². The minimum Gasteiger partial charge on any atom is -0.396 e. The molecule has 0 aromatic heterocycles. The van der Waals surface area contributed by atoms with Crippen molar-refractivity contribution in [3.05, 3.63) is 47.5 Å². The van der Waals surface area contributed by atoms with E-state index in [-0.39, 0.29) is 30.6 Å². The molecule has 0 saturated heterocycles. The molecule has 132 valence electrons. The fourth-order valence-electron chi connectivity index (χ4n) is 3.00. The fourth-order valence-corrected chi connectivity index (χ4v) is 3.00. The lowest BCUT2D eigenvalue weighted by atomic mass is 10.0. The second kappa shape index (κ2) is 8.85. The molecule has 0 spiro atoms. The van der Waals surface area contributed by atoms with E-state index in [1.165, 1.54) is 11.1 Å². The first-order chi connectivity index (χ1) is 11.5. The molecule has 1 aromatic rings. The van der Waals surface area contributed by atoms with Gasteiger partial charge in [-0.15, -0.1) is 0 Å². The molecule has 0 heterocycles. The highest BCUT2D eigenvalue weighted by molar-refractivity contribution is 5.74. The number of carbonyl (C=O) groups is 1. The number of hydrogen-bond donors (Lipinski definition) is 3. The fraction of sp³-hybridized carbons (Fsp3) is 0.526. The number of benzene rings is 1. The summed E-state index contributed by atoms with van der Waals surface area (Å²) in [5.74, 6) is 0.155. The molecule has 1 aromatic carbocycles. The van der Waals surface area contributed by atoms with E-state index in [0.29, 0.717) is 6.54 Å². The quantitative estimate of drug-likeness (QED) is 0.670. The predicted molar refractivity (Wildman–Crippen MR) is 96.9 cm³/mol. The summed E-state index contributed by atoms with van der Waals surface area (Å²) in [4.78, 5) is 14.2. The molecule has 0 bridgehead atoms. The normalized spacial score (nSPS) is 21.0. The zero-order valence-corrected chi connectivity index (χ0v) is 14.8. The minimum atomic E-state index is -0.166. The average molecular weight is 331 g/mol. The van der Waals surface area contributed by atoms with Gasteiger partial charge in [-0.2, -0.15) is 0 Å². The lowest BCUT2D eigenvalue weighted by Gasteiger charge is -2.25. The molecule has 0 saturated carbocycles. The number of likely N-dealkylation sites (N-methyl/N-ethyl adjacent to an activating group) is 1. The van der Waals surface area contributed by atoms with Crippen LogP contribution in [-0.4, -0.2) is 49.3 Å². The third kappa shape index (κ3) is 5.08. The van der Waals surface area contributed by atoms with Crippen LogP contribution in [0.4, 0.5) is 4.79 Å². The third-order valence-corrected chi connectivity index (χ3v) is 4.58. The van der Waals surface area contributed by atoms with Gasteiger partial charge in [-0.05, 0) is 38.1 Å². The molecule has 0 aliphatic heterocycles. The summed E-state index contributed by atoms with van der Waals surface area (Å²) in [6.07, 6.45) is 5.70. The van der Waals surface area contributed by atoms with Crippen LogP contribution in [0, 0.1) is 5.92 Å². The maximum atomic E-state index is 12.1. The number of amides is 2. The van der Waals surface area contributed by atoms with Crippen LogP contribution in [0.1, 0.15) is 30.5 Å². The smallest absolute Gasteiger partial charge is 0.315 e. The number of aliphatic hydroxyl groups excluding tert-OH is 1. The SMILES string of the molecule is CCc1ccc(C(CNC(=O)N[C@@H]2C=C[C@H](CO)C2)N(C)C)cc1. The summed E-state index contributed by atoms with van der Waals surface area (Å²) in [5.41, 5.74) is 2.51. The van der Waals surface area contributed by atoms with Crippen LogP contribution in [0.3, 0.4) is 0 Å². The van der Waals surface area contributed by atoms with Gasteiger partial charge in [0.2, 0.25) is 0 Å². The first-order valence-corrected chi connectivity index (χ1v) is 8.62. The van der Waals surface area contributed by atoms with Gasteiger partial charge in [-0.1, -0.05) is 43.3 Å². The Kier molecular flexibility index (Phi) is 6.82. The molecule has 1 unspecified atom stereocenters. The zero-order chi connectivity index (χ0) is 17.5. The molecule has 0 fully saturated rings. The number of hydrogen-bond acceptors (Lipinski definition) is 3. The van der Waals surface area contributed by atoms with E-state index in [1.807, 2.05) is 26.2 Å². The maximum Gasteiger partial charge on any atom is 0.315 e. The highest BCUT2D eigenvalue weighted by Gasteiger charge is 2.20. The molecule has 5 heteroatoms. The summed E-state index contributed by atoms with van der Waals surface area (Å²) in [5, 5.41) is 15.0. The lowest BCUT2D eigenvalue weighted by molar-refractivity contribution is 0.225. The van der Waals surface area contributed by atoms with Crippen molar-refractivity contribution in [3.8, 4) is 0 Å². The number of urea groups is 1. The van der Waals surface area contributed by atoms with Crippen molar-refractivity contribution in [2.75, 3.05) is 27.2 Å². The first-order valence-electron chi connectivity index (χ1n) is 8.62. The summed E-state index contributed by atoms with van der Waals surface area (Å²) in [7, 11) is 4.03. The van der Waals surface area contributed by atoms with Crippen LogP contribution in [0.5, 0.6) is 0 Å². The topological polar surface area (TPSA) is 64.6 Å². The van der Waals surface area contributed by atoms with Gasteiger partial charge >= 0.3 is 6.03 Å². The zero-order valence-electron chi connectivity index (χ0n) is 14.8. The Hall–Kier alpha value is -1.85. The predicted octanol–water partition coefficient (Wildman–Crippen LogP) is 2.09. The van der Waals surface area contributed by atoms with Crippen molar-refractivity contribution in [2.45, 2.75) is 31.8 Å². The molecule has 24 heavy (non-hydrogen) atoms. The molecule has 2 rings (SSSR count). The standard InChI is InChI=1S/C19H29N3O2/c1-4-14-5-8-16(9-6-14)18(22(2)3)12-20-19(24)21-17-10-7-15(11-17)13-23/h5-10,15,17-18,23H,4,11-13H2,1-3H3,(H2,20,21,24)/t15-,17+,18?/m0/s1. The number of aryl methyl sites for hydroxylation is 1. The summed E-state index contributed by atoms with van der Waals surface area (Å²) < 4.78 is 0. The van der Waals surface area contributed by atoms with Crippen LogP contribution in [0.25, 0.3) is 0 Å². The molecular weight excluding hydrogens is 302 g/mol. The Morgan fingerprint density at radius 2 is 2.00 bits per heavy atom. The number of nitrogens with one attached hydrogen (secondary N) is 2. The van der Waals surface area contributed by atoms with Gasteiger partial charge in [0.05, 0.1) is 6.04 Å². The molecule has 5 nitrogen and oxygen atoms in total. The van der Waals surface area contributed by atoms with Crippen molar-refractivity contribution < 1.29 is 9.90 Å². The molecule has 2 amide bonds. The van der Waals surface area contributed by atoms with Crippen molar-refractivity contribution in [1.29, 1.82) is 0 Å². The van der Waals surface area contributed by atoms with Gasteiger partial charge in [0.1, 0.15) is 0 Å². The molecular formula is C19H29N3O2. The molecule has 3 atom stereocenters. The summed E-state index contributed by atoms with van der Waals surface area (Å²) >= 11 is 0. The van der Waals surface area contributed by atoms with Gasteiger partial charge in [0.15, 0.2) is 0 Å². The Labute approximate surface area is 144 Å². The Morgan fingerprint density at radius 3 is 2.54 bits per heavy atom. The Morgan fingerprint density at radius 1 is 1.29 bits per heavy atom. The first kappa shape index (κ1) is 18.5. The second-order valence-corrected chi connectivity index (χ2v) is 6.60. The third-order valence-electron chi connectivity index (χ3n) is 4.58. The van der Waals surface area contributed by atoms with Gasteiger partial charge in [-0.25, -0.2) is 4.79 Å². The van der Waals surface area contributed by atoms with E-state index in [2.05, 4.69) is 46.7 Å². The Balaban J connectivity index is 1.86. The van der Waals surface area contributed by atoms with Crippen molar-refractivity contribution in [2.24, 2.45) is 5.92 Å². The lowest BCUT2D eigenvalue weighted by Crippen LogP contribution is -2.44. The van der Waals surface area contributed by atoms with Crippen molar-refractivity contribution >= 4 is 6.03 Å².